The highest BCUT2D eigenvalue weighted by molar-refractivity contribution is 5.91. The molecule has 0 spiro atoms. The fourth-order valence-corrected chi connectivity index (χ4v) is 6.25. The lowest BCUT2D eigenvalue weighted by Crippen LogP contribution is -2.26. The van der Waals surface area contributed by atoms with Crippen LogP contribution in [0.25, 0.3) is 66.1 Å². The molecule has 0 radical (unpaired) electrons. The van der Waals surface area contributed by atoms with Gasteiger partial charge in [0.05, 0.1) is 83.0 Å². The number of aromatic nitrogens is 4. The standard InChI is InChI=1S/C34H6F10N8/c1-47-13(5-45)17-9-3-11-34(52-16(8-49-11)22-25(37)29(41)32(44)30(42)26(22)38)20(9)18(14(6-46)48-2)10-4-12-33(19(10)17)51-15(7-50-12)21-23(35)27(39)31(43)28(40)24(21)36/h7-8H,3-4H2/b17-13-,18-14+. The summed E-state index contributed by atoms with van der Waals surface area (Å²) in [5.74, 6) is -23.0. The number of hydrogen-bond acceptors (Lipinski definition) is 6. The summed E-state index contributed by atoms with van der Waals surface area (Å²) >= 11 is 0. The summed E-state index contributed by atoms with van der Waals surface area (Å²) in [4.78, 5) is 22.9. The first-order chi connectivity index (χ1) is 24.8. The Morgan fingerprint density at radius 3 is 1.12 bits per heavy atom. The predicted molar refractivity (Wildman–Crippen MR) is 155 cm³/mol. The van der Waals surface area contributed by atoms with Gasteiger partial charge in [0.25, 0.3) is 11.4 Å². The first-order valence-corrected chi connectivity index (χ1v) is 14.1. The van der Waals surface area contributed by atoms with Crippen molar-refractivity contribution in [3.63, 3.8) is 0 Å². The fraction of sp³-hybridized carbons (Fsp3) is 0.0588. The Bertz CT molecular complexity index is 2580. The Balaban J connectivity index is 1.61. The average molecular weight is 716 g/mol. The quantitative estimate of drug-likeness (QED) is 0.0909. The Labute approximate surface area is 282 Å². The van der Waals surface area contributed by atoms with E-state index in [1.165, 1.54) is 0 Å². The number of rotatable bonds is 2. The van der Waals surface area contributed by atoms with Crippen LogP contribution in [-0.2, 0) is 12.8 Å². The summed E-state index contributed by atoms with van der Waals surface area (Å²) in [7, 11) is 0. The van der Waals surface area contributed by atoms with Gasteiger partial charge < -0.3 is 0 Å². The maximum absolute atomic E-state index is 14.8. The van der Waals surface area contributed by atoms with E-state index in [1.54, 1.807) is 12.1 Å². The van der Waals surface area contributed by atoms with Gasteiger partial charge >= 0.3 is 0 Å². The number of fused-ring (bicyclic) bond motifs is 6. The second-order valence-electron chi connectivity index (χ2n) is 10.9. The van der Waals surface area contributed by atoms with E-state index in [4.69, 9.17) is 13.1 Å². The number of nitrogens with zero attached hydrogens (tertiary/aromatic N) is 8. The summed E-state index contributed by atoms with van der Waals surface area (Å²) in [6.07, 6.45) is 0.645. The first kappa shape index (κ1) is 33.3. The normalized spacial score (nSPS) is 13.2. The summed E-state index contributed by atoms with van der Waals surface area (Å²) < 4.78 is 144. The van der Waals surface area contributed by atoms with E-state index in [0.717, 1.165) is 0 Å². The summed E-state index contributed by atoms with van der Waals surface area (Å²) in [5, 5.41) is 19.5. The highest BCUT2D eigenvalue weighted by Crippen LogP contribution is 2.41. The van der Waals surface area contributed by atoms with Crippen LogP contribution in [0.1, 0.15) is 22.5 Å². The molecule has 0 atom stereocenters. The third kappa shape index (κ3) is 4.38. The largest absolute Gasteiger partial charge is 0.269 e. The number of benzene rings is 3. The SMILES string of the molecule is [C-]#[N+]/C(C#N)=c1/c2c(/c(=C(\C#N)[N+]#[C-])c3c1-c1nc(-c4c(F)c(F)c(F)c(F)c4F)cnc1C3)-c1nc(-c3c(F)c(F)c(F)c(F)c3F)cnc1C2. The van der Waals surface area contributed by atoms with Crippen LogP contribution in [0.15, 0.2) is 12.4 Å². The Hall–Kier alpha value is -7.18. The molecule has 7 rings (SSSR count). The van der Waals surface area contributed by atoms with Crippen molar-refractivity contribution in [2.45, 2.75) is 12.8 Å². The molecule has 18 heteroatoms. The molecule has 52 heavy (non-hydrogen) atoms. The molecular formula is C34H6F10N8. The molecule has 0 N–H and O–H groups in total. The summed E-state index contributed by atoms with van der Waals surface area (Å²) in [6.45, 7) is 15.4. The van der Waals surface area contributed by atoms with Crippen LogP contribution < -0.4 is 10.4 Å². The molecule has 0 amide bonds. The highest BCUT2D eigenvalue weighted by atomic mass is 19.2. The topological polar surface area (TPSA) is 108 Å². The highest BCUT2D eigenvalue weighted by Gasteiger charge is 2.37. The van der Waals surface area contributed by atoms with E-state index >= 15 is 0 Å². The van der Waals surface area contributed by atoms with E-state index in [-0.39, 0.29) is 68.3 Å². The zero-order valence-electron chi connectivity index (χ0n) is 24.9. The van der Waals surface area contributed by atoms with E-state index in [0.29, 0.717) is 12.4 Å². The van der Waals surface area contributed by atoms with Gasteiger partial charge in [-0.1, -0.05) is 0 Å². The van der Waals surface area contributed by atoms with Gasteiger partial charge in [-0.3, -0.25) is 9.97 Å². The zero-order valence-corrected chi connectivity index (χ0v) is 24.9. The van der Waals surface area contributed by atoms with Gasteiger partial charge in [-0.15, -0.1) is 0 Å². The molecular weight excluding hydrogens is 710 g/mol. The van der Waals surface area contributed by atoms with E-state index in [2.05, 4.69) is 29.6 Å². The van der Waals surface area contributed by atoms with E-state index in [9.17, 15) is 54.4 Å². The van der Waals surface area contributed by atoms with Crippen LogP contribution in [0.2, 0.25) is 0 Å². The maximum atomic E-state index is 14.8. The van der Waals surface area contributed by atoms with Gasteiger partial charge in [-0.2, -0.15) is 0 Å². The van der Waals surface area contributed by atoms with Crippen molar-refractivity contribution in [1.82, 2.24) is 19.9 Å². The molecule has 0 aliphatic heterocycles. The molecule has 0 bridgehead atoms. The van der Waals surface area contributed by atoms with Crippen molar-refractivity contribution >= 4 is 11.4 Å². The molecule has 252 valence electrons. The van der Waals surface area contributed by atoms with Crippen molar-refractivity contribution < 1.29 is 43.9 Å². The minimum absolute atomic E-state index is 0.0557. The third-order valence-electron chi connectivity index (χ3n) is 8.41. The van der Waals surface area contributed by atoms with Crippen LogP contribution in [0, 0.1) is 94.0 Å². The van der Waals surface area contributed by atoms with Crippen LogP contribution in [0.3, 0.4) is 0 Å². The second-order valence-corrected chi connectivity index (χ2v) is 10.9. The van der Waals surface area contributed by atoms with Gasteiger partial charge in [0.15, 0.2) is 46.5 Å². The molecule has 0 saturated heterocycles. The molecule has 2 aliphatic carbocycles. The molecule has 3 aromatic carbocycles. The molecule has 8 nitrogen and oxygen atoms in total. The summed E-state index contributed by atoms with van der Waals surface area (Å²) in [6, 6.07) is 3.36. The third-order valence-corrected chi connectivity index (χ3v) is 8.41. The van der Waals surface area contributed by atoms with E-state index in [1.807, 2.05) is 0 Å². The van der Waals surface area contributed by atoms with Crippen LogP contribution in [-0.4, -0.2) is 19.9 Å². The molecule has 0 fully saturated rings. The summed E-state index contributed by atoms with van der Waals surface area (Å²) in [5.41, 5.74) is -7.19. The fourth-order valence-electron chi connectivity index (χ4n) is 6.25. The van der Waals surface area contributed by atoms with Crippen molar-refractivity contribution in [2.75, 3.05) is 0 Å². The average Bonchev–Trinajstić information content (AvgIpc) is 3.71. The lowest BCUT2D eigenvalue weighted by molar-refractivity contribution is 0.381. The number of halogens is 10. The van der Waals surface area contributed by atoms with Crippen molar-refractivity contribution in [1.29, 1.82) is 10.5 Å². The van der Waals surface area contributed by atoms with Crippen molar-refractivity contribution in [3.8, 4) is 57.2 Å². The van der Waals surface area contributed by atoms with Crippen molar-refractivity contribution in [2.24, 2.45) is 0 Å². The number of nitriles is 2. The van der Waals surface area contributed by atoms with Gasteiger partial charge in [0, 0.05) is 34.4 Å². The predicted octanol–water partition coefficient (Wildman–Crippen LogP) is 6.24. The molecule has 2 heterocycles. The second kappa shape index (κ2) is 11.7. The molecule has 2 aliphatic rings. The minimum atomic E-state index is -2.44. The molecule has 2 aromatic heterocycles. The number of hydrogen-bond donors (Lipinski definition) is 0. The monoisotopic (exact) mass is 716 g/mol. The lowest BCUT2D eigenvalue weighted by Gasteiger charge is -2.13. The Morgan fingerprint density at radius 2 is 0.827 bits per heavy atom. The van der Waals surface area contributed by atoms with Crippen molar-refractivity contribution in [3.05, 3.63) is 126 Å². The van der Waals surface area contributed by atoms with Crippen LogP contribution in [0.5, 0.6) is 0 Å². The lowest BCUT2D eigenvalue weighted by atomic mass is 9.92. The zero-order chi connectivity index (χ0) is 37.5. The Morgan fingerprint density at radius 1 is 0.519 bits per heavy atom. The first-order valence-electron chi connectivity index (χ1n) is 14.1. The van der Waals surface area contributed by atoms with Crippen LogP contribution >= 0.6 is 0 Å². The maximum Gasteiger partial charge on any atom is 0.269 e. The van der Waals surface area contributed by atoms with Gasteiger partial charge in [0.1, 0.15) is 0 Å². The van der Waals surface area contributed by atoms with E-state index < -0.39 is 92.1 Å². The van der Waals surface area contributed by atoms with Gasteiger partial charge in [-0.25, -0.2) is 74.1 Å². The molecule has 0 unspecified atom stereocenters. The van der Waals surface area contributed by atoms with Crippen LogP contribution in [0.4, 0.5) is 43.9 Å². The molecule has 0 saturated carbocycles. The van der Waals surface area contributed by atoms with Gasteiger partial charge in [-0.05, 0) is 11.1 Å². The Kier molecular flexibility index (Phi) is 7.51. The van der Waals surface area contributed by atoms with Gasteiger partial charge in [0.2, 0.25) is 11.6 Å². The molecule has 5 aromatic rings. The smallest absolute Gasteiger partial charge is 0.256 e. The minimum Gasteiger partial charge on any atom is -0.256 e.